The van der Waals surface area contributed by atoms with E-state index >= 15 is 0 Å². The molecule has 1 N–H and O–H groups in total. The smallest absolute Gasteiger partial charge is 0.248 e. The Labute approximate surface area is 115 Å². The molecule has 2 aliphatic rings. The third kappa shape index (κ3) is 3.68. The Balaban J connectivity index is 1.92. The average Bonchev–Trinajstić information content (AvgIpc) is 2.41. The zero-order valence-electron chi connectivity index (χ0n) is 12.0. The molecule has 19 heavy (non-hydrogen) atoms. The summed E-state index contributed by atoms with van der Waals surface area (Å²) in [7, 11) is 0. The normalized spacial score (nSPS) is 30.1. The Morgan fingerprint density at radius 2 is 2.26 bits per heavy atom. The van der Waals surface area contributed by atoms with Gasteiger partial charge in [-0.3, -0.25) is 4.79 Å². The van der Waals surface area contributed by atoms with Crippen molar-refractivity contribution in [3.05, 3.63) is 0 Å². The van der Waals surface area contributed by atoms with Crippen molar-refractivity contribution in [1.82, 2.24) is 9.80 Å². The predicted molar refractivity (Wildman–Crippen MR) is 72.8 cm³/mol. The summed E-state index contributed by atoms with van der Waals surface area (Å²) in [4.78, 5) is 16.2. The van der Waals surface area contributed by atoms with Crippen molar-refractivity contribution < 1.29 is 14.6 Å². The number of likely N-dealkylation sites (tertiary alicyclic amines) is 1. The molecule has 0 aromatic rings. The van der Waals surface area contributed by atoms with E-state index in [-0.39, 0.29) is 25.2 Å². The molecule has 2 saturated heterocycles. The van der Waals surface area contributed by atoms with Crippen LogP contribution >= 0.6 is 0 Å². The fraction of sp³-hybridized carbons (Fsp3) is 0.929. The number of nitrogens with zero attached hydrogens (tertiary/aromatic N) is 2. The van der Waals surface area contributed by atoms with Gasteiger partial charge in [0.05, 0.1) is 19.3 Å². The van der Waals surface area contributed by atoms with Gasteiger partial charge in [0, 0.05) is 19.1 Å². The standard InChI is InChI=1S/C14H26N2O3/c1-11(2)15-5-3-4-12(6-15)7-16-13(8-17)9-19-10-14(16)18/h11-13,17H,3-10H2,1-2H3. The Hall–Kier alpha value is -0.650. The summed E-state index contributed by atoms with van der Waals surface area (Å²) < 4.78 is 5.20. The number of aliphatic hydroxyl groups is 1. The van der Waals surface area contributed by atoms with Crippen LogP contribution in [0.25, 0.3) is 0 Å². The molecule has 2 heterocycles. The molecule has 5 nitrogen and oxygen atoms in total. The van der Waals surface area contributed by atoms with Crippen molar-refractivity contribution in [3.63, 3.8) is 0 Å². The second-order valence-electron chi connectivity index (χ2n) is 5.99. The molecule has 5 heteroatoms. The molecule has 0 aliphatic carbocycles. The number of aliphatic hydroxyl groups excluding tert-OH is 1. The Morgan fingerprint density at radius 3 is 2.95 bits per heavy atom. The summed E-state index contributed by atoms with van der Waals surface area (Å²) in [5.41, 5.74) is 0. The van der Waals surface area contributed by atoms with E-state index in [1.807, 2.05) is 4.90 Å². The van der Waals surface area contributed by atoms with Gasteiger partial charge in [0.1, 0.15) is 6.61 Å². The van der Waals surface area contributed by atoms with E-state index in [1.54, 1.807) is 0 Å². The lowest BCUT2D eigenvalue weighted by Gasteiger charge is -2.41. The van der Waals surface area contributed by atoms with Crippen LogP contribution in [0.3, 0.4) is 0 Å². The van der Waals surface area contributed by atoms with Crippen LogP contribution in [0, 0.1) is 5.92 Å². The third-order valence-electron chi connectivity index (χ3n) is 4.24. The summed E-state index contributed by atoms with van der Waals surface area (Å²) in [6, 6.07) is 0.410. The molecule has 2 atom stereocenters. The molecular weight excluding hydrogens is 244 g/mol. The van der Waals surface area contributed by atoms with Crippen molar-refractivity contribution in [2.45, 2.75) is 38.8 Å². The summed E-state index contributed by atoms with van der Waals surface area (Å²) >= 11 is 0. The van der Waals surface area contributed by atoms with Crippen molar-refractivity contribution in [3.8, 4) is 0 Å². The minimum Gasteiger partial charge on any atom is -0.394 e. The Morgan fingerprint density at radius 1 is 1.47 bits per heavy atom. The van der Waals surface area contributed by atoms with E-state index in [4.69, 9.17) is 4.74 Å². The number of rotatable bonds is 4. The van der Waals surface area contributed by atoms with E-state index in [9.17, 15) is 9.90 Å². The van der Waals surface area contributed by atoms with Crippen molar-refractivity contribution in [1.29, 1.82) is 0 Å². The van der Waals surface area contributed by atoms with E-state index in [0.29, 0.717) is 18.6 Å². The maximum Gasteiger partial charge on any atom is 0.248 e. The zero-order valence-corrected chi connectivity index (χ0v) is 12.0. The third-order valence-corrected chi connectivity index (χ3v) is 4.24. The minimum absolute atomic E-state index is 0.00758. The summed E-state index contributed by atoms with van der Waals surface area (Å²) in [5.74, 6) is 0.541. The number of piperidine rings is 1. The SMILES string of the molecule is CC(C)N1CCCC(CN2C(=O)COCC2CO)C1. The Kier molecular flexibility index (Phi) is 5.19. The number of hydrogen-bond acceptors (Lipinski definition) is 4. The van der Waals surface area contributed by atoms with Crippen LogP contribution in [0.4, 0.5) is 0 Å². The first-order chi connectivity index (χ1) is 9.11. The number of hydrogen-bond donors (Lipinski definition) is 1. The van der Waals surface area contributed by atoms with Gasteiger partial charge in [0.15, 0.2) is 0 Å². The van der Waals surface area contributed by atoms with Gasteiger partial charge in [-0.1, -0.05) is 0 Å². The molecule has 0 saturated carbocycles. The van der Waals surface area contributed by atoms with Gasteiger partial charge < -0.3 is 19.6 Å². The highest BCUT2D eigenvalue weighted by atomic mass is 16.5. The Bertz CT molecular complexity index is 309. The quantitative estimate of drug-likeness (QED) is 0.800. The topological polar surface area (TPSA) is 53.0 Å². The highest BCUT2D eigenvalue weighted by Gasteiger charge is 2.31. The van der Waals surface area contributed by atoms with Gasteiger partial charge in [-0.15, -0.1) is 0 Å². The number of carbonyl (C=O) groups is 1. The molecule has 2 unspecified atom stereocenters. The molecular formula is C14H26N2O3. The van der Waals surface area contributed by atoms with E-state index in [1.165, 1.54) is 12.8 Å². The van der Waals surface area contributed by atoms with Crippen LogP contribution in [-0.4, -0.2) is 72.4 Å². The van der Waals surface area contributed by atoms with Gasteiger partial charge >= 0.3 is 0 Å². The fourth-order valence-electron chi connectivity index (χ4n) is 3.05. The van der Waals surface area contributed by atoms with Crippen molar-refractivity contribution in [2.75, 3.05) is 39.5 Å². The van der Waals surface area contributed by atoms with Gasteiger partial charge in [0.25, 0.3) is 0 Å². The summed E-state index contributed by atoms with van der Waals surface area (Å²) in [6.45, 7) is 8.04. The predicted octanol–water partition coefficient (Wildman–Crippen LogP) is 0.327. The number of carbonyl (C=O) groups excluding carboxylic acids is 1. The molecule has 0 aromatic carbocycles. The second-order valence-corrected chi connectivity index (χ2v) is 5.99. The monoisotopic (exact) mass is 270 g/mol. The van der Waals surface area contributed by atoms with Gasteiger partial charge in [-0.25, -0.2) is 0 Å². The lowest BCUT2D eigenvalue weighted by Crippen LogP contribution is -2.54. The van der Waals surface area contributed by atoms with Crippen LogP contribution < -0.4 is 0 Å². The minimum atomic E-state index is -0.157. The average molecular weight is 270 g/mol. The lowest BCUT2D eigenvalue weighted by atomic mass is 9.95. The van der Waals surface area contributed by atoms with E-state index in [0.717, 1.165) is 19.6 Å². The largest absolute Gasteiger partial charge is 0.394 e. The fourth-order valence-corrected chi connectivity index (χ4v) is 3.05. The first-order valence-corrected chi connectivity index (χ1v) is 7.34. The lowest BCUT2D eigenvalue weighted by molar-refractivity contribution is -0.151. The summed E-state index contributed by atoms with van der Waals surface area (Å²) in [6.07, 6.45) is 2.37. The number of morpholine rings is 1. The zero-order chi connectivity index (χ0) is 13.8. The van der Waals surface area contributed by atoms with E-state index in [2.05, 4.69) is 18.7 Å². The van der Waals surface area contributed by atoms with E-state index < -0.39 is 0 Å². The van der Waals surface area contributed by atoms with Crippen LogP contribution in [0.2, 0.25) is 0 Å². The maximum absolute atomic E-state index is 11.9. The van der Waals surface area contributed by atoms with Crippen LogP contribution in [0.5, 0.6) is 0 Å². The molecule has 2 rings (SSSR count). The number of ether oxygens (including phenoxy) is 1. The van der Waals surface area contributed by atoms with Gasteiger partial charge in [0.2, 0.25) is 5.91 Å². The number of amides is 1. The molecule has 0 bridgehead atoms. The highest BCUT2D eigenvalue weighted by molar-refractivity contribution is 5.78. The van der Waals surface area contributed by atoms with Crippen LogP contribution in [0.1, 0.15) is 26.7 Å². The van der Waals surface area contributed by atoms with Crippen LogP contribution in [-0.2, 0) is 9.53 Å². The molecule has 0 aromatic heterocycles. The maximum atomic E-state index is 11.9. The molecule has 1 amide bonds. The molecule has 2 fully saturated rings. The second kappa shape index (κ2) is 6.68. The van der Waals surface area contributed by atoms with Gasteiger partial charge in [-0.2, -0.15) is 0 Å². The van der Waals surface area contributed by atoms with Crippen molar-refractivity contribution in [2.24, 2.45) is 5.92 Å². The molecule has 0 spiro atoms. The molecule has 2 aliphatic heterocycles. The first kappa shape index (κ1) is 14.8. The molecule has 0 radical (unpaired) electrons. The van der Waals surface area contributed by atoms with Crippen LogP contribution in [0.15, 0.2) is 0 Å². The van der Waals surface area contributed by atoms with Crippen molar-refractivity contribution >= 4 is 5.91 Å². The van der Waals surface area contributed by atoms with Gasteiger partial charge in [-0.05, 0) is 39.2 Å². The highest BCUT2D eigenvalue weighted by Crippen LogP contribution is 2.21. The summed E-state index contributed by atoms with van der Waals surface area (Å²) in [5, 5.41) is 9.36. The first-order valence-electron chi connectivity index (χ1n) is 7.34. The molecule has 110 valence electrons.